The second kappa shape index (κ2) is 14.3. The van der Waals surface area contributed by atoms with Crippen LogP contribution in [0.15, 0.2) is 91.5 Å². The first-order valence-electron chi connectivity index (χ1n) is 16.9. The van der Waals surface area contributed by atoms with E-state index in [0.29, 0.717) is 11.1 Å². The zero-order chi connectivity index (χ0) is 33.9. The standard InChI is InChI=1S/C40H46O8/c1-6-10-31-23-32(14-13-26-11-8-7-9-12-26)28-17-21-30(22-18-28)38(42)46-36(34-25-44-40(4,5)48-34)35(33-24-43-39(2,3)47-33)45-37(41)29-19-15-27(31)16-20-29/h6-9,11-12,15-22,31-36H,1,10,13-14,23-25H2,2-5H3/t31?,32?,33-,34-,35?,36?/m1/s1. The maximum atomic E-state index is 13.9. The Labute approximate surface area is 283 Å². The Bertz CT molecular complexity index is 1560. The number of ether oxygens (including phenoxy) is 6. The van der Waals surface area contributed by atoms with Crippen molar-refractivity contribution >= 4 is 11.9 Å². The summed E-state index contributed by atoms with van der Waals surface area (Å²) in [6, 6.07) is 25.8. The average molecular weight is 655 g/mol. The van der Waals surface area contributed by atoms with Crippen molar-refractivity contribution < 1.29 is 38.0 Å². The molecule has 3 aromatic rings. The zero-order valence-electron chi connectivity index (χ0n) is 28.3. The van der Waals surface area contributed by atoms with Crippen molar-refractivity contribution in [2.75, 3.05) is 13.2 Å². The van der Waals surface area contributed by atoms with Crippen molar-refractivity contribution in [2.24, 2.45) is 0 Å². The fourth-order valence-electron chi connectivity index (χ4n) is 6.95. The zero-order valence-corrected chi connectivity index (χ0v) is 28.3. The minimum Gasteiger partial charge on any atom is -0.452 e. The van der Waals surface area contributed by atoms with E-state index in [0.717, 1.165) is 36.8 Å². The lowest BCUT2D eigenvalue weighted by molar-refractivity contribution is -0.185. The molecule has 0 N–H and O–H groups in total. The van der Waals surface area contributed by atoms with Gasteiger partial charge >= 0.3 is 11.9 Å². The molecule has 0 aromatic heterocycles. The third-order valence-electron chi connectivity index (χ3n) is 9.48. The minimum atomic E-state index is -1.05. The number of allylic oxidation sites excluding steroid dienone is 1. The van der Waals surface area contributed by atoms with E-state index in [1.54, 1.807) is 39.8 Å². The Hall–Kier alpha value is -3.82. The van der Waals surface area contributed by atoms with Crippen LogP contribution in [0.2, 0.25) is 0 Å². The molecular weight excluding hydrogens is 608 g/mol. The average Bonchev–Trinajstić information content (AvgIpc) is 3.64. The Morgan fingerprint density at radius 2 is 1.17 bits per heavy atom. The van der Waals surface area contributed by atoms with Crippen molar-refractivity contribution in [2.45, 2.75) is 101 Å². The molecular formula is C40H46O8. The van der Waals surface area contributed by atoms with Crippen LogP contribution in [0, 0.1) is 0 Å². The number of carbonyl (C=O) groups is 2. The summed E-state index contributed by atoms with van der Waals surface area (Å²) in [4.78, 5) is 27.6. The summed E-state index contributed by atoms with van der Waals surface area (Å²) in [6.45, 7) is 11.5. The smallest absolute Gasteiger partial charge is 0.338 e. The van der Waals surface area contributed by atoms with Gasteiger partial charge in [-0.3, -0.25) is 0 Å². The molecule has 0 aliphatic carbocycles. The topological polar surface area (TPSA) is 89.5 Å². The summed E-state index contributed by atoms with van der Waals surface area (Å²) < 4.78 is 36.6. The van der Waals surface area contributed by atoms with Crippen LogP contribution in [0.1, 0.15) is 96.2 Å². The van der Waals surface area contributed by atoms with Gasteiger partial charge in [-0.05, 0) is 106 Å². The number of benzene rings is 3. The van der Waals surface area contributed by atoms with Crippen LogP contribution in [0.3, 0.4) is 0 Å². The van der Waals surface area contributed by atoms with Gasteiger partial charge in [0.15, 0.2) is 23.8 Å². The third kappa shape index (κ3) is 8.06. The maximum absolute atomic E-state index is 13.9. The summed E-state index contributed by atoms with van der Waals surface area (Å²) in [6.07, 6.45) is 1.94. The van der Waals surface area contributed by atoms with Gasteiger partial charge < -0.3 is 28.4 Å². The number of hydrogen-bond donors (Lipinski definition) is 0. The highest BCUT2D eigenvalue weighted by Gasteiger charge is 2.50. The van der Waals surface area contributed by atoms with E-state index < -0.39 is 47.9 Å². The quantitative estimate of drug-likeness (QED) is 0.191. The first kappa shape index (κ1) is 34.1. The molecule has 6 aliphatic heterocycles. The van der Waals surface area contributed by atoms with Crippen molar-refractivity contribution in [3.05, 3.63) is 119 Å². The molecule has 8 heteroatoms. The van der Waals surface area contributed by atoms with Crippen molar-refractivity contribution in [1.82, 2.24) is 0 Å². The first-order valence-corrected chi connectivity index (χ1v) is 16.9. The SMILES string of the molecule is C=CCC1CC(CCc2ccccc2)c2ccc(cc2)C(=O)OC([C@H]2COC(C)(C)O2)C([C@H]2COC(C)(C)O2)OC(=O)c2ccc1cc2. The predicted octanol–water partition coefficient (Wildman–Crippen LogP) is 7.52. The fraction of sp³-hybridized carbons (Fsp3) is 0.450. The molecule has 254 valence electrons. The molecule has 2 saturated heterocycles. The largest absolute Gasteiger partial charge is 0.452 e. The van der Waals surface area contributed by atoms with E-state index in [9.17, 15) is 9.59 Å². The summed E-state index contributed by atoms with van der Waals surface area (Å²) in [7, 11) is 0. The lowest BCUT2D eigenvalue weighted by Gasteiger charge is -2.33. The van der Waals surface area contributed by atoms with Gasteiger partial charge in [0.1, 0.15) is 12.2 Å². The second-order valence-electron chi connectivity index (χ2n) is 13.9. The molecule has 8 nitrogen and oxygen atoms in total. The van der Waals surface area contributed by atoms with E-state index in [1.165, 1.54) is 5.56 Å². The molecule has 0 radical (unpaired) electrons. The van der Waals surface area contributed by atoms with E-state index in [2.05, 4.69) is 30.8 Å². The lowest BCUT2D eigenvalue weighted by atomic mass is 9.80. The van der Waals surface area contributed by atoms with E-state index in [1.807, 2.05) is 48.5 Å². The molecule has 4 bridgehead atoms. The number of aryl methyl sites for hydroxylation is 1. The van der Waals surface area contributed by atoms with Crippen LogP contribution in [0.5, 0.6) is 0 Å². The Balaban J connectivity index is 1.39. The summed E-state index contributed by atoms with van der Waals surface area (Å²) >= 11 is 0. The van der Waals surface area contributed by atoms with Crippen molar-refractivity contribution in [3.8, 4) is 0 Å². The highest BCUT2D eigenvalue weighted by atomic mass is 16.8. The van der Waals surface area contributed by atoms with E-state index in [-0.39, 0.29) is 25.0 Å². The van der Waals surface area contributed by atoms with Gasteiger partial charge in [-0.2, -0.15) is 0 Å². The van der Waals surface area contributed by atoms with Crippen molar-refractivity contribution in [1.29, 1.82) is 0 Å². The maximum Gasteiger partial charge on any atom is 0.338 e. The van der Waals surface area contributed by atoms with Crippen molar-refractivity contribution in [3.63, 3.8) is 0 Å². The van der Waals surface area contributed by atoms with Crippen LogP contribution in [-0.2, 0) is 34.8 Å². The molecule has 6 heterocycles. The molecule has 3 aromatic carbocycles. The number of esters is 2. The highest BCUT2D eigenvalue weighted by molar-refractivity contribution is 5.90. The van der Waals surface area contributed by atoms with Crippen LogP contribution in [0.4, 0.5) is 0 Å². The molecule has 0 spiro atoms. The van der Waals surface area contributed by atoms with Crippen LogP contribution >= 0.6 is 0 Å². The van der Waals surface area contributed by atoms with Crippen LogP contribution in [0.25, 0.3) is 0 Å². The predicted molar refractivity (Wildman–Crippen MR) is 181 cm³/mol. The highest BCUT2D eigenvalue weighted by Crippen LogP contribution is 2.37. The molecule has 0 saturated carbocycles. The number of rotatable bonds is 7. The monoisotopic (exact) mass is 654 g/mol. The van der Waals surface area contributed by atoms with Gasteiger partial charge in [-0.1, -0.05) is 60.7 Å². The Morgan fingerprint density at radius 3 is 1.60 bits per heavy atom. The van der Waals surface area contributed by atoms with Gasteiger partial charge in [-0.25, -0.2) is 9.59 Å². The van der Waals surface area contributed by atoms with Crippen LogP contribution < -0.4 is 0 Å². The number of carbonyl (C=O) groups excluding carboxylic acids is 2. The van der Waals surface area contributed by atoms with Crippen LogP contribution in [-0.4, -0.2) is 61.1 Å². The fourth-order valence-corrected chi connectivity index (χ4v) is 6.95. The second-order valence-corrected chi connectivity index (χ2v) is 13.9. The van der Waals surface area contributed by atoms with Gasteiger partial charge in [0.05, 0.1) is 24.3 Å². The molecule has 4 unspecified atom stereocenters. The molecule has 0 amide bonds. The minimum absolute atomic E-state index is 0.136. The summed E-state index contributed by atoms with van der Waals surface area (Å²) in [5.74, 6) is -2.56. The molecule has 6 atom stereocenters. The normalized spacial score (nSPS) is 28.5. The Morgan fingerprint density at radius 1 is 0.688 bits per heavy atom. The third-order valence-corrected chi connectivity index (χ3v) is 9.48. The lowest BCUT2D eigenvalue weighted by Crippen LogP contribution is -2.51. The molecule has 48 heavy (non-hydrogen) atoms. The molecule has 9 rings (SSSR count). The summed E-state index contributed by atoms with van der Waals surface area (Å²) in [5, 5.41) is 0. The van der Waals surface area contributed by atoms with Gasteiger partial charge in [0.2, 0.25) is 0 Å². The Kier molecular flexibility index (Phi) is 10.2. The number of hydrogen-bond acceptors (Lipinski definition) is 8. The summed E-state index contributed by atoms with van der Waals surface area (Å²) in [5.41, 5.74) is 4.32. The van der Waals surface area contributed by atoms with E-state index in [4.69, 9.17) is 28.4 Å². The molecule has 2 fully saturated rings. The van der Waals surface area contributed by atoms with E-state index >= 15 is 0 Å². The van der Waals surface area contributed by atoms with Gasteiger partial charge in [-0.15, -0.1) is 6.58 Å². The first-order chi connectivity index (χ1) is 23.0. The van der Waals surface area contributed by atoms with Gasteiger partial charge in [0.25, 0.3) is 0 Å². The van der Waals surface area contributed by atoms with Gasteiger partial charge in [0, 0.05) is 0 Å². The molecule has 6 aliphatic rings.